The first kappa shape index (κ1) is 13.9. The summed E-state index contributed by atoms with van der Waals surface area (Å²) in [4.78, 5) is 11.7. The highest BCUT2D eigenvalue weighted by Gasteiger charge is 2.08. The molecular formula is C11H13ClN2O2S. The molecule has 6 heteroatoms. The molecule has 1 rings (SSSR count). The van der Waals surface area contributed by atoms with Gasteiger partial charge in [0.25, 0.3) is 5.91 Å². The Labute approximate surface area is 110 Å². The first-order valence-electron chi connectivity index (χ1n) is 5.02. The zero-order chi connectivity index (χ0) is 12.8. The third kappa shape index (κ3) is 5.12. The summed E-state index contributed by atoms with van der Waals surface area (Å²) in [5.74, 6) is -0.337. The molecule has 1 amide bonds. The van der Waals surface area contributed by atoms with E-state index in [0.717, 1.165) is 0 Å². The normalized spacial score (nSPS) is 11.7. The smallest absolute Gasteiger partial charge is 0.257 e. The van der Waals surface area contributed by atoms with E-state index in [-0.39, 0.29) is 17.6 Å². The van der Waals surface area contributed by atoms with Crippen LogP contribution in [0.4, 0.5) is 0 Å². The molecule has 0 aliphatic heterocycles. The Morgan fingerprint density at radius 2 is 2.29 bits per heavy atom. The lowest BCUT2D eigenvalue weighted by atomic mass is 10.2. The minimum atomic E-state index is -0.531. The number of aliphatic hydroxyl groups excluding tert-OH is 1. The Kier molecular flexibility index (Phi) is 5.34. The lowest BCUT2D eigenvalue weighted by Crippen LogP contribution is -2.41. The molecule has 0 radical (unpaired) electrons. The van der Waals surface area contributed by atoms with E-state index in [0.29, 0.717) is 10.6 Å². The molecule has 0 aromatic heterocycles. The molecule has 0 saturated heterocycles. The van der Waals surface area contributed by atoms with Crippen molar-refractivity contribution >= 4 is 34.8 Å². The Morgan fingerprint density at radius 3 is 2.88 bits per heavy atom. The van der Waals surface area contributed by atoms with Crippen molar-refractivity contribution in [2.24, 2.45) is 0 Å². The first-order chi connectivity index (χ1) is 7.99. The first-order valence-corrected chi connectivity index (χ1v) is 5.80. The van der Waals surface area contributed by atoms with Crippen molar-refractivity contribution in [3.8, 4) is 0 Å². The maximum Gasteiger partial charge on any atom is 0.257 e. The molecule has 0 bridgehead atoms. The van der Waals surface area contributed by atoms with E-state index in [2.05, 4.69) is 10.6 Å². The summed E-state index contributed by atoms with van der Waals surface area (Å²) in [7, 11) is 0. The van der Waals surface area contributed by atoms with Crippen LogP contribution >= 0.6 is 23.8 Å². The number of benzene rings is 1. The summed E-state index contributed by atoms with van der Waals surface area (Å²) in [6.45, 7) is 1.91. The predicted octanol–water partition coefficient (Wildman–Crippen LogP) is 1.33. The molecule has 1 aromatic rings. The molecule has 4 nitrogen and oxygen atoms in total. The van der Waals surface area contributed by atoms with E-state index >= 15 is 0 Å². The molecule has 0 spiro atoms. The topological polar surface area (TPSA) is 61.4 Å². The van der Waals surface area contributed by atoms with Crippen LogP contribution in [0.2, 0.25) is 5.02 Å². The van der Waals surface area contributed by atoms with E-state index in [9.17, 15) is 4.79 Å². The van der Waals surface area contributed by atoms with Gasteiger partial charge in [0, 0.05) is 17.1 Å². The van der Waals surface area contributed by atoms with E-state index in [1.807, 2.05) is 0 Å². The van der Waals surface area contributed by atoms with Gasteiger partial charge in [-0.2, -0.15) is 0 Å². The number of aliphatic hydroxyl groups is 1. The molecule has 0 saturated carbocycles. The van der Waals surface area contributed by atoms with E-state index in [1.54, 1.807) is 31.2 Å². The van der Waals surface area contributed by atoms with Gasteiger partial charge in [0.05, 0.1) is 6.10 Å². The van der Waals surface area contributed by atoms with Gasteiger partial charge < -0.3 is 10.4 Å². The quantitative estimate of drug-likeness (QED) is 0.727. The third-order valence-corrected chi connectivity index (χ3v) is 2.35. The second kappa shape index (κ2) is 6.54. The molecule has 0 fully saturated rings. The fourth-order valence-corrected chi connectivity index (χ4v) is 1.46. The summed E-state index contributed by atoms with van der Waals surface area (Å²) in [6.07, 6.45) is -0.531. The van der Waals surface area contributed by atoms with E-state index < -0.39 is 6.10 Å². The van der Waals surface area contributed by atoms with Crippen LogP contribution in [-0.2, 0) is 0 Å². The SMILES string of the molecule is CC(O)CNC(=S)NC(=O)c1cccc(Cl)c1. The Hall–Kier alpha value is -1.17. The summed E-state index contributed by atoms with van der Waals surface area (Å²) < 4.78 is 0. The lowest BCUT2D eigenvalue weighted by Gasteiger charge is -2.10. The molecule has 0 heterocycles. The highest BCUT2D eigenvalue weighted by Crippen LogP contribution is 2.10. The number of rotatable bonds is 3. The second-order valence-corrected chi connectivity index (χ2v) is 4.37. The van der Waals surface area contributed by atoms with Crippen LogP contribution in [0.25, 0.3) is 0 Å². The average molecular weight is 273 g/mol. The number of thiocarbonyl (C=S) groups is 1. The van der Waals surface area contributed by atoms with Crippen molar-refractivity contribution in [3.63, 3.8) is 0 Å². The van der Waals surface area contributed by atoms with Crippen molar-refractivity contribution in [1.82, 2.24) is 10.6 Å². The van der Waals surface area contributed by atoms with Gasteiger partial charge in [-0.3, -0.25) is 10.1 Å². The van der Waals surface area contributed by atoms with Gasteiger partial charge >= 0.3 is 0 Å². The Bertz CT molecular complexity index is 424. The van der Waals surface area contributed by atoms with Gasteiger partial charge in [-0.15, -0.1) is 0 Å². The molecule has 1 unspecified atom stereocenters. The van der Waals surface area contributed by atoms with Gasteiger partial charge in [-0.1, -0.05) is 17.7 Å². The van der Waals surface area contributed by atoms with Crippen LogP contribution in [0.15, 0.2) is 24.3 Å². The van der Waals surface area contributed by atoms with E-state index in [4.69, 9.17) is 28.9 Å². The van der Waals surface area contributed by atoms with Crippen LogP contribution in [-0.4, -0.2) is 28.8 Å². The molecule has 0 aliphatic rings. The van der Waals surface area contributed by atoms with Crippen LogP contribution in [0.3, 0.4) is 0 Å². The fraction of sp³-hybridized carbons (Fsp3) is 0.273. The number of hydrogen-bond donors (Lipinski definition) is 3. The highest BCUT2D eigenvalue weighted by atomic mass is 35.5. The molecule has 1 atom stereocenters. The summed E-state index contributed by atoms with van der Waals surface area (Å²) in [5.41, 5.74) is 0.429. The van der Waals surface area contributed by atoms with Gasteiger partial charge in [-0.05, 0) is 37.3 Å². The van der Waals surface area contributed by atoms with Crippen molar-refractivity contribution < 1.29 is 9.90 Å². The Balaban J connectivity index is 2.52. The Morgan fingerprint density at radius 1 is 1.59 bits per heavy atom. The standard InChI is InChI=1S/C11H13ClN2O2S/c1-7(15)6-13-11(17)14-10(16)8-3-2-4-9(12)5-8/h2-5,7,15H,6H2,1H3,(H2,13,14,16,17). The fourth-order valence-electron chi connectivity index (χ4n) is 1.09. The van der Waals surface area contributed by atoms with Crippen molar-refractivity contribution in [3.05, 3.63) is 34.9 Å². The second-order valence-electron chi connectivity index (χ2n) is 3.52. The maximum absolute atomic E-state index is 11.7. The predicted molar refractivity (Wildman–Crippen MR) is 71.2 cm³/mol. The van der Waals surface area contributed by atoms with Gasteiger partial charge in [0.15, 0.2) is 5.11 Å². The van der Waals surface area contributed by atoms with Gasteiger partial charge in [-0.25, -0.2) is 0 Å². The van der Waals surface area contributed by atoms with Crippen molar-refractivity contribution in [2.45, 2.75) is 13.0 Å². The molecular weight excluding hydrogens is 260 g/mol. The van der Waals surface area contributed by atoms with Crippen molar-refractivity contribution in [1.29, 1.82) is 0 Å². The minimum absolute atomic E-state index is 0.177. The van der Waals surface area contributed by atoms with E-state index in [1.165, 1.54) is 0 Å². The van der Waals surface area contributed by atoms with Gasteiger partial charge in [0.2, 0.25) is 0 Å². The number of carbonyl (C=O) groups is 1. The molecule has 3 N–H and O–H groups in total. The minimum Gasteiger partial charge on any atom is -0.392 e. The average Bonchev–Trinajstić information content (AvgIpc) is 2.26. The number of amides is 1. The zero-order valence-corrected chi connectivity index (χ0v) is 10.8. The number of hydrogen-bond acceptors (Lipinski definition) is 3. The molecule has 92 valence electrons. The summed E-state index contributed by atoms with van der Waals surface area (Å²) in [5, 5.41) is 14.9. The number of nitrogens with one attached hydrogen (secondary N) is 2. The van der Waals surface area contributed by atoms with Crippen molar-refractivity contribution in [2.75, 3.05) is 6.54 Å². The largest absolute Gasteiger partial charge is 0.392 e. The number of halogens is 1. The number of carbonyl (C=O) groups excluding carboxylic acids is 1. The summed E-state index contributed by atoms with van der Waals surface area (Å²) >= 11 is 10.7. The molecule has 17 heavy (non-hydrogen) atoms. The van der Waals surface area contributed by atoms with Crippen LogP contribution in [0.5, 0.6) is 0 Å². The monoisotopic (exact) mass is 272 g/mol. The molecule has 0 aliphatic carbocycles. The maximum atomic E-state index is 11.7. The van der Waals surface area contributed by atoms with Crippen LogP contribution in [0, 0.1) is 0 Å². The zero-order valence-electron chi connectivity index (χ0n) is 9.24. The van der Waals surface area contributed by atoms with Gasteiger partial charge in [0.1, 0.15) is 0 Å². The highest BCUT2D eigenvalue weighted by molar-refractivity contribution is 7.80. The lowest BCUT2D eigenvalue weighted by molar-refractivity contribution is 0.0976. The van der Waals surface area contributed by atoms with Crippen LogP contribution in [0.1, 0.15) is 17.3 Å². The van der Waals surface area contributed by atoms with Crippen LogP contribution < -0.4 is 10.6 Å². The third-order valence-electron chi connectivity index (χ3n) is 1.87. The molecule has 1 aromatic carbocycles. The summed E-state index contributed by atoms with van der Waals surface area (Å²) in [6, 6.07) is 6.55.